The van der Waals surface area contributed by atoms with Crippen molar-refractivity contribution >= 4 is 0 Å². The highest BCUT2D eigenvalue weighted by Crippen LogP contribution is 2.27. The molecule has 1 aliphatic carbocycles. The maximum Gasteiger partial charge on any atom is 0.0164 e. The molecular formula is C12H23N. The van der Waals surface area contributed by atoms with Gasteiger partial charge >= 0.3 is 0 Å². The minimum atomic E-state index is 0.686. The van der Waals surface area contributed by atoms with Gasteiger partial charge < -0.3 is 5.32 Å². The van der Waals surface area contributed by atoms with Gasteiger partial charge in [-0.15, -0.1) is 0 Å². The van der Waals surface area contributed by atoms with Crippen molar-refractivity contribution in [3.63, 3.8) is 0 Å². The Morgan fingerprint density at radius 1 is 1.46 bits per heavy atom. The van der Waals surface area contributed by atoms with E-state index in [9.17, 15) is 0 Å². The van der Waals surface area contributed by atoms with Gasteiger partial charge in [-0.1, -0.05) is 31.9 Å². The van der Waals surface area contributed by atoms with E-state index >= 15 is 0 Å². The van der Waals surface area contributed by atoms with Crippen molar-refractivity contribution in [3.05, 3.63) is 12.2 Å². The Balaban J connectivity index is 2.16. The van der Waals surface area contributed by atoms with E-state index in [1.54, 1.807) is 0 Å². The molecule has 0 amide bonds. The van der Waals surface area contributed by atoms with Gasteiger partial charge in [0.2, 0.25) is 0 Å². The van der Waals surface area contributed by atoms with Gasteiger partial charge in [-0.05, 0) is 32.1 Å². The molecule has 0 aromatic heterocycles. The quantitative estimate of drug-likeness (QED) is 0.643. The second-order valence-corrected chi connectivity index (χ2v) is 4.32. The molecule has 1 nitrogen and oxygen atoms in total. The summed E-state index contributed by atoms with van der Waals surface area (Å²) in [5.74, 6) is 0.921. The van der Waals surface area contributed by atoms with Gasteiger partial charge in [0.25, 0.3) is 0 Å². The van der Waals surface area contributed by atoms with Crippen molar-refractivity contribution in [2.75, 3.05) is 6.54 Å². The normalized spacial score (nSPS) is 20.5. The van der Waals surface area contributed by atoms with Crippen molar-refractivity contribution in [2.45, 2.75) is 52.0 Å². The van der Waals surface area contributed by atoms with Crippen molar-refractivity contribution < 1.29 is 0 Å². The standard InChI is InChI=1S/C12H23N/c1-4-10(2)9-13-11(3)12-7-5-6-8-12/h11-13H,2,4-9H2,1,3H3. The Bertz CT molecular complexity index is 157. The lowest BCUT2D eigenvalue weighted by atomic mass is 9.99. The molecule has 1 unspecified atom stereocenters. The second-order valence-electron chi connectivity index (χ2n) is 4.32. The number of hydrogen-bond acceptors (Lipinski definition) is 1. The van der Waals surface area contributed by atoms with E-state index in [4.69, 9.17) is 0 Å². The summed E-state index contributed by atoms with van der Waals surface area (Å²) in [5, 5.41) is 3.58. The maximum atomic E-state index is 4.01. The van der Waals surface area contributed by atoms with Crippen molar-refractivity contribution in [1.82, 2.24) is 5.32 Å². The van der Waals surface area contributed by atoms with E-state index in [1.807, 2.05) is 0 Å². The second kappa shape index (κ2) is 5.43. The monoisotopic (exact) mass is 181 g/mol. The number of hydrogen-bond donors (Lipinski definition) is 1. The van der Waals surface area contributed by atoms with Crippen LogP contribution in [0, 0.1) is 5.92 Å². The predicted octanol–water partition coefficient (Wildman–Crippen LogP) is 3.12. The average molecular weight is 181 g/mol. The van der Waals surface area contributed by atoms with Gasteiger partial charge in [-0.2, -0.15) is 0 Å². The molecule has 0 saturated heterocycles. The Morgan fingerprint density at radius 3 is 2.62 bits per heavy atom. The first kappa shape index (κ1) is 10.8. The molecule has 0 aliphatic heterocycles. The molecule has 1 aliphatic rings. The first-order valence-corrected chi connectivity index (χ1v) is 5.64. The lowest BCUT2D eigenvalue weighted by Crippen LogP contribution is -2.33. The molecule has 0 aromatic rings. The molecular weight excluding hydrogens is 158 g/mol. The zero-order chi connectivity index (χ0) is 9.68. The molecule has 0 spiro atoms. The first-order chi connectivity index (χ1) is 6.24. The first-order valence-electron chi connectivity index (χ1n) is 5.64. The number of rotatable bonds is 5. The highest BCUT2D eigenvalue weighted by atomic mass is 14.9. The van der Waals surface area contributed by atoms with Crippen LogP contribution >= 0.6 is 0 Å². The fourth-order valence-corrected chi connectivity index (χ4v) is 2.05. The summed E-state index contributed by atoms with van der Waals surface area (Å²) in [6, 6.07) is 0.686. The van der Waals surface area contributed by atoms with Gasteiger partial charge in [0, 0.05) is 12.6 Å². The Hall–Kier alpha value is -0.300. The van der Waals surface area contributed by atoms with E-state index < -0.39 is 0 Å². The maximum absolute atomic E-state index is 4.01. The van der Waals surface area contributed by atoms with Crippen LogP contribution in [0.3, 0.4) is 0 Å². The van der Waals surface area contributed by atoms with Gasteiger partial charge in [0.15, 0.2) is 0 Å². The van der Waals surface area contributed by atoms with Crippen LogP contribution in [-0.4, -0.2) is 12.6 Å². The molecule has 1 atom stereocenters. The van der Waals surface area contributed by atoms with E-state index in [2.05, 4.69) is 25.7 Å². The third kappa shape index (κ3) is 3.51. The van der Waals surface area contributed by atoms with Crippen LogP contribution in [0.4, 0.5) is 0 Å². The van der Waals surface area contributed by atoms with Crippen molar-refractivity contribution in [1.29, 1.82) is 0 Å². The van der Waals surface area contributed by atoms with Crippen LogP contribution in [0.15, 0.2) is 12.2 Å². The smallest absolute Gasteiger partial charge is 0.0164 e. The molecule has 1 fully saturated rings. The van der Waals surface area contributed by atoms with Crippen LogP contribution in [-0.2, 0) is 0 Å². The van der Waals surface area contributed by atoms with Gasteiger partial charge in [0.05, 0.1) is 0 Å². The topological polar surface area (TPSA) is 12.0 Å². The van der Waals surface area contributed by atoms with Gasteiger partial charge in [0.1, 0.15) is 0 Å². The minimum absolute atomic E-state index is 0.686. The zero-order valence-electron chi connectivity index (χ0n) is 9.10. The molecule has 1 heteroatoms. The summed E-state index contributed by atoms with van der Waals surface area (Å²) < 4.78 is 0. The average Bonchev–Trinajstić information content (AvgIpc) is 2.66. The Kier molecular flexibility index (Phi) is 4.51. The van der Waals surface area contributed by atoms with E-state index in [-0.39, 0.29) is 0 Å². The zero-order valence-corrected chi connectivity index (χ0v) is 9.10. The van der Waals surface area contributed by atoms with Crippen LogP contribution < -0.4 is 5.32 Å². The molecule has 0 aromatic carbocycles. The third-order valence-corrected chi connectivity index (χ3v) is 3.28. The molecule has 1 rings (SSSR count). The van der Waals surface area contributed by atoms with Crippen molar-refractivity contribution in [3.8, 4) is 0 Å². The molecule has 1 saturated carbocycles. The third-order valence-electron chi connectivity index (χ3n) is 3.28. The van der Waals surface area contributed by atoms with Crippen LogP contribution in [0.5, 0.6) is 0 Å². The van der Waals surface area contributed by atoms with Crippen LogP contribution in [0.2, 0.25) is 0 Å². The summed E-state index contributed by atoms with van der Waals surface area (Å²) in [7, 11) is 0. The van der Waals surface area contributed by atoms with Gasteiger partial charge in [-0.3, -0.25) is 0 Å². The summed E-state index contributed by atoms with van der Waals surface area (Å²) in [6.07, 6.45) is 6.82. The van der Waals surface area contributed by atoms with Crippen molar-refractivity contribution in [2.24, 2.45) is 5.92 Å². The highest BCUT2D eigenvalue weighted by molar-refractivity contribution is 4.96. The lowest BCUT2D eigenvalue weighted by molar-refractivity contribution is 0.391. The fraction of sp³-hybridized carbons (Fsp3) is 0.833. The number of nitrogens with one attached hydrogen (secondary N) is 1. The molecule has 0 radical (unpaired) electrons. The summed E-state index contributed by atoms with van der Waals surface area (Å²) in [5.41, 5.74) is 1.32. The minimum Gasteiger partial charge on any atom is -0.310 e. The fourth-order valence-electron chi connectivity index (χ4n) is 2.05. The summed E-state index contributed by atoms with van der Waals surface area (Å²) >= 11 is 0. The molecule has 13 heavy (non-hydrogen) atoms. The van der Waals surface area contributed by atoms with Gasteiger partial charge in [-0.25, -0.2) is 0 Å². The predicted molar refractivity (Wildman–Crippen MR) is 58.9 cm³/mol. The summed E-state index contributed by atoms with van der Waals surface area (Å²) in [6.45, 7) is 9.51. The Labute approximate surface area is 82.6 Å². The SMILES string of the molecule is C=C(CC)CNC(C)C1CCCC1. The molecule has 0 heterocycles. The van der Waals surface area contributed by atoms with Crippen LogP contribution in [0.25, 0.3) is 0 Å². The van der Waals surface area contributed by atoms with E-state index in [1.165, 1.54) is 31.3 Å². The molecule has 76 valence electrons. The van der Waals surface area contributed by atoms with E-state index in [0.717, 1.165) is 18.9 Å². The van der Waals surface area contributed by atoms with Crippen LogP contribution in [0.1, 0.15) is 46.0 Å². The summed E-state index contributed by atoms with van der Waals surface area (Å²) in [4.78, 5) is 0. The van der Waals surface area contributed by atoms with E-state index in [0.29, 0.717) is 6.04 Å². The highest BCUT2D eigenvalue weighted by Gasteiger charge is 2.20. The lowest BCUT2D eigenvalue weighted by Gasteiger charge is -2.20. The largest absolute Gasteiger partial charge is 0.310 e. The molecule has 1 N–H and O–H groups in total. The molecule has 0 bridgehead atoms. The Morgan fingerprint density at radius 2 is 2.08 bits per heavy atom.